The standard InChI is InChI=1S/C15H14FN3O2S2/c1-21-15(20)19-14(22)18-13-8-11(6-7-12(13)17)23-10-4-2-9(16)3-5-10/h2-8H,17H2,1H3,(H2,18,19,20,22). The number of nitrogens with one attached hydrogen (secondary N) is 2. The molecule has 0 saturated carbocycles. The molecule has 2 rings (SSSR count). The topological polar surface area (TPSA) is 76.4 Å². The quantitative estimate of drug-likeness (QED) is 0.579. The van der Waals surface area contributed by atoms with Crippen molar-refractivity contribution >= 4 is 46.6 Å². The second kappa shape index (κ2) is 7.80. The van der Waals surface area contributed by atoms with Crippen LogP contribution < -0.4 is 16.4 Å². The summed E-state index contributed by atoms with van der Waals surface area (Å²) in [6.45, 7) is 0. The Morgan fingerprint density at radius 1 is 1.22 bits per heavy atom. The summed E-state index contributed by atoms with van der Waals surface area (Å²) in [7, 11) is 1.24. The van der Waals surface area contributed by atoms with E-state index in [0.717, 1.165) is 9.79 Å². The van der Waals surface area contributed by atoms with Gasteiger partial charge in [0.1, 0.15) is 5.82 Å². The Hall–Kier alpha value is -2.32. The molecule has 8 heteroatoms. The molecule has 0 aliphatic heterocycles. The van der Waals surface area contributed by atoms with Gasteiger partial charge in [-0.2, -0.15) is 0 Å². The summed E-state index contributed by atoms with van der Waals surface area (Å²) < 4.78 is 17.4. The normalized spacial score (nSPS) is 10.0. The van der Waals surface area contributed by atoms with Gasteiger partial charge < -0.3 is 15.8 Å². The van der Waals surface area contributed by atoms with E-state index in [0.29, 0.717) is 11.4 Å². The maximum atomic E-state index is 12.9. The number of methoxy groups -OCH3 is 1. The molecule has 0 aliphatic rings. The van der Waals surface area contributed by atoms with E-state index in [2.05, 4.69) is 15.4 Å². The van der Waals surface area contributed by atoms with Gasteiger partial charge in [0.05, 0.1) is 18.5 Å². The van der Waals surface area contributed by atoms with E-state index in [4.69, 9.17) is 18.0 Å². The van der Waals surface area contributed by atoms with Crippen LogP contribution >= 0.6 is 24.0 Å². The zero-order chi connectivity index (χ0) is 16.8. The van der Waals surface area contributed by atoms with Crippen molar-refractivity contribution in [1.29, 1.82) is 0 Å². The summed E-state index contributed by atoms with van der Waals surface area (Å²) in [4.78, 5) is 12.9. The number of anilines is 2. The summed E-state index contributed by atoms with van der Waals surface area (Å²) in [6, 6.07) is 11.5. The lowest BCUT2D eigenvalue weighted by Gasteiger charge is -2.12. The number of nitrogen functional groups attached to an aromatic ring is 1. The molecule has 0 spiro atoms. The fraction of sp³-hybridized carbons (Fsp3) is 0.0667. The predicted molar refractivity (Wildman–Crippen MR) is 93.1 cm³/mol. The highest BCUT2D eigenvalue weighted by atomic mass is 32.2. The zero-order valence-corrected chi connectivity index (χ0v) is 13.8. The minimum Gasteiger partial charge on any atom is -0.453 e. The van der Waals surface area contributed by atoms with Crippen LogP contribution in [0.2, 0.25) is 0 Å². The molecule has 2 aromatic rings. The Morgan fingerprint density at radius 3 is 2.52 bits per heavy atom. The van der Waals surface area contributed by atoms with Gasteiger partial charge in [-0.25, -0.2) is 9.18 Å². The Balaban J connectivity index is 2.10. The number of hydrogen-bond donors (Lipinski definition) is 3. The highest BCUT2D eigenvalue weighted by molar-refractivity contribution is 7.99. The number of halogens is 1. The van der Waals surface area contributed by atoms with Crippen molar-refractivity contribution in [2.75, 3.05) is 18.2 Å². The van der Waals surface area contributed by atoms with Gasteiger partial charge in [-0.3, -0.25) is 5.32 Å². The highest BCUT2D eigenvalue weighted by Gasteiger charge is 2.08. The first-order valence-corrected chi connectivity index (χ1v) is 7.69. The van der Waals surface area contributed by atoms with Crippen molar-refractivity contribution in [1.82, 2.24) is 5.32 Å². The summed E-state index contributed by atoms with van der Waals surface area (Å²) in [6.07, 6.45) is -0.669. The third-order valence-corrected chi connectivity index (χ3v) is 3.92. The third-order valence-electron chi connectivity index (χ3n) is 2.72. The first-order chi connectivity index (χ1) is 11.0. The van der Waals surface area contributed by atoms with Gasteiger partial charge in [-0.05, 0) is 54.7 Å². The monoisotopic (exact) mass is 351 g/mol. The van der Waals surface area contributed by atoms with Crippen molar-refractivity contribution in [3.05, 3.63) is 48.3 Å². The first-order valence-electron chi connectivity index (χ1n) is 6.47. The molecule has 0 fully saturated rings. The van der Waals surface area contributed by atoms with Crippen molar-refractivity contribution in [3.8, 4) is 0 Å². The molecule has 0 aromatic heterocycles. The lowest BCUT2D eigenvalue weighted by atomic mass is 10.3. The fourth-order valence-corrected chi connectivity index (χ4v) is 2.69. The number of ether oxygens (including phenoxy) is 1. The lowest BCUT2D eigenvalue weighted by Crippen LogP contribution is -2.34. The Bertz CT molecular complexity index is 723. The predicted octanol–water partition coefficient (Wildman–Crippen LogP) is 3.61. The molecule has 23 heavy (non-hydrogen) atoms. The number of alkyl carbamates (subject to hydrolysis) is 1. The number of hydrogen-bond acceptors (Lipinski definition) is 5. The molecular formula is C15H14FN3O2S2. The van der Waals surface area contributed by atoms with Gasteiger partial charge in [0, 0.05) is 9.79 Å². The largest absolute Gasteiger partial charge is 0.453 e. The number of benzene rings is 2. The van der Waals surface area contributed by atoms with E-state index in [-0.39, 0.29) is 10.9 Å². The van der Waals surface area contributed by atoms with Gasteiger partial charge in [0.2, 0.25) is 0 Å². The average molecular weight is 351 g/mol. The van der Waals surface area contributed by atoms with E-state index in [9.17, 15) is 9.18 Å². The van der Waals surface area contributed by atoms with E-state index >= 15 is 0 Å². The SMILES string of the molecule is COC(=O)NC(=S)Nc1cc(Sc2ccc(F)cc2)ccc1N. The fourth-order valence-electron chi connectivity index (χ4n) is 1.64. The van der Waals surface area contributed by atoms with Crippen LogP contribution in [0.5, 0.6) is 0 Å². The van der Waals surface area contributed by atoms with Gasteiger partial charge in [-0.15, -0.1) is 0 Å². The molecule has 0 saturated heterocycles. The van der Waals surface area contributed by atoms with Crippen LogP contribution in [0.3, 0.4) is 0 Å². The molecule has 1 amide bonds. The molecule has 0 atom stereocenters. The van der Waals surface area contributed by atoms with E-state index in [1.54, 1.807) is 24.3 Å². The Morgan fingerprint density at radius 2 is 1.87 bits per heavy atom. The van der Waals surface area contributed by atoms with Gasteiger partial charge in [0.25, 0.3) is 0 Å². The lowest BCUT2D eigenvalue weighted by molar-refractivity contribution is 0.177. The number of nitrogens with two attached hydrogens (primary N) is 1. The Kier molecular flexibility index (Phi) is 5.78. The molecule has 5 nitrogen and oxygen atoms in total. The maximum absolute atomic E-state index is 12.9. The minimum atomic E-state index is -0.669. The van der Waals surface area contributed by atoms with E-state index in [1.165, 1.54) is 31.0 Å². The van der Waals surface area contributed by atoms with Crippen LogP contribution in [0.4, 0.5) is 20.6 Å². The van der Waals surface area contributed by atoms with Crippen LogP contribution in [0.15, 0.2) is 52.3 Å². The van der Waals surface area contributed by atoms with Crippen molar-refractivity contribution < 1.29 is 13.9 Å². The van der Waals surface area contributed by atoms with Gasteiger partial charge >= 0.3 is 6.09 Å². The van der Waals surface area contributed by atoms with Crippen molar-refractivity contribution in [2.24, 2.45) is 0 Å². The molecule has 0 radical (unpaired) electrons. The van der Waals surface area contributed by atoms with Crippen LogP contribution in [0.1, 0.15) is 0 Å². The summed E-state index contributed by atoms with van der Waals surface area (Å²) in [5.74, 6) is -0.284. The number of thiocarbonyl (C=S) groups is 1. The summed E-state index contributed by atoms with van der Waals surface area (Å²) >= 11 is 6.45. The molecule has 0 bridgehead atoms. The second-order valence-electron chi connectivity index (χ2n) is 4.38. The number of carbonyl (C=O) groups excluding carboxylic acids is 1. The maximum Gasteiger partial charge on any atom is 0.413 e. The van der Waals surface area contributed by atoms with Crippen LogP contribution in [-0.2, 0) is 4.74 Å². The molecule has 0 aliphatic carbocycles. The molecule has 0 heterocycles. The molecule has 4 N–H and O–H groups in total. The summed E-state index contributed by atoms with van der Waals surface area (Å²) in [5, 5.41) is 5.24. The molecule has 2 aromatic carbocycles. The van der Waals surface area contributed by atoms with E-state index in [1.807, 2.05) is 6.07 Å². The molecule has 120 valence electrons. The number of amides is 1. The van der Waals surface area contributed by atoms with Crippen molar-refractivity contribution in [3.63, 3.8) is 0 Å². The minimum absolute atomic E-state index is 0.0764. The molecular weight excluding hydrogens is 337 g/mol. The molecule has 0 unspecified atom stereocenters. The number of carbonyl (C=O) groups is 1. The Labute approximate surface area is 142 Å². The first kappa shape index (κ1) is 17.0. The highest BCUT2D eigenvalue weighted by Crippen LogP contribution is 2.31. The summed E-state index contributed by atoms with van der Waals surface area (Å²) in [5.41, 5.74) is 6.92. The van der Waals surface area contributed by atoms with Gasteiger partial charge in [-0.1, -0.05) is 11.8 Å². The van der Waals surface area contributed by atoms with Crippen molar-refractivity contribution in [2.45, 2.75) is 9.79 Å². The third kappa shape index (κ3) is 5.11. The van der Waals surface area contributed by atoms with Crippen LogP contribution in [-0.4, -0.2) is 18.3 Å². The average Bonchev–Trinajstić information content (AvgIpc) is 2.52. The van der Waals surface area contributed by atoms with E-state index < -0.39 is 6.09 Å². The van der Waals surface area contributed by atoms with Crippen LogP contribution in [0.25, 0.3) is 0 Å². The number of rotatable bonds is 3. The zero-order valence-electron chi connectivity index (χ0n) is 12.1. The second-order valence-corrected chi connectivity index (χ2v) is 5.93. The van der Waals surface area contributed by atoms with Gasteiger partial charge in [0.15, 0.2) is 5.11 Å². The van der Waals surface area contributed by atoms with Crippen LogP contribution in [0, 0.1) is 5.82 Å². The smallest absolute Gasteiger partial charge is 0.413 e.